The maximum absolute atomic E-state index is 12.1. The van der Waals surface area contributed by atoms with Crippen LogP contribution in [-0.2, 0) is 0 Å². The number of aromatic amines is 2. The zero-order valence-electron chi connectivity index (χ0n) is 36.2. The van der Waals surface area contributed by atoms with Gasteiger partial charge in [-0.15, -0.1) is 0 Å². The van der Waals surface area contributed by atoms with Crippen LogP contribution < -0.4 is 18.9 Å². The zero-order chi connectivity index (χ0) is 45.8. The smallest absolute Gasteiger partial charge is 0.187 e. The van der Waals surface area contributed by atoms with E-state index in [-0.39, 0.29) is 34.5 Å². The second-order valence-corrected chi connectivity index (χ2v) is 16.2. The molecule has 70 heavy (non-hydrogen) atoms. The number of phenols is 1. The first-order valence-corrected chi connectivity index (χ1v) is 22.1. The molecule has 8 aromatic carbocycles. The van der Waals surface area contributed by atoms with E-state index in [1.165, 1.54) is 0 Å². The number of para-hydroxylation sites is 4. The van der Waals surface area contributed by atoms with Gasteiger partial charge >= 0.3 is 0 Å². The number of aromatic hydroxyl groups is 1. The van der Waals surface area contributed by atoms with Gasteiger partial charge in [0, 0.05) is 38.4 Å². The van der Waals surface area contributed by atoms with E-state index in [0.717, 1.165) is 16.3 Å². The topological polar surface area (TPSA) is 166 Å². The molecule has 11 aromatic rings. The van der Waals surface area contributed by atoms with E-state index in [1.807, 2.05) is 182 Å². The van der Waals surface area contributed by atoms with Crippen molar-refractivity contribution in [2.75, 3.05) is 0 Å². The Morgan fingerprint density at radius 2 is 0.700 bits per heavy atom. The molecule has 0 amide bonds. The van der Waals surface area contributed by atoms with E-state index < -0.39 is 0 Å². The molecule has 334 valence electrons. The Balaban J connectivity index is 0.00000505. The number of benzene rings is 8. The second kappa shape index (κ2) is 17.4. The number of nitrogens with one attached hydrogen (secondary N) is 2. The molecule has 0 spiro atoms. The number of H-pyrrole nitrogens is 2. The van der Waals surface area contributed by atoms with Gasteiger partial charge in [0.1, 0.15) is 62.8 Å². The molecule has 2 aliphatic rings. The number of phenolic OH excluding ortho intramolecular Hbond substituents is 1. The van der Waals surface area contributed by atoms with E-state index in [0.29, 0.717) is 108 Å². The minimum Gasteiger partial charge on any atom is -0.504 e. The van der Waals surface area contributed by atoms with Gasteiger partial charge < -0.3 is 34.0 Å². The van der Waals surface area contributed by atoms with Crippen molar-refractivity contribution in [1.29, 1.82) is 0 Å². The molecular formula is C56H37AlN8O5. The molecule has 0 unspecified atom stereocenters. The van der Waals surface area contributed by atoms with Crippen molar-refractivity contribution in [3.63, 3.8) is 0 Å². The molecule has 0 aliphatic carbocycles. The van der Waals surface area contributed by atoms with Gasteiger partial charge in [-0.25, -0.2) is 29.9 Å². The van der Waals surface area contributed by atoms with Crippen LogP contribution in [0.5, 0.6) is 51.7 Å². The van der Waals surface area contributed by atoms with Crippen LogP contribution in [0, 0.1) is 0 Å². The van der Waals surface area contributed by atoms with E-state index in [2.05, 4.69) is 9.97 Å². The molecule has 5 heterocycles. The summed E-state index contributed by atoms with van der Waals surface area (Å²) in [5, 5.41) is 14.6. The van der Waals surface area contributed by atoms with Crippen LogP contribution in [0.3, 0.4) is 0 Å². The number of nitrogens with zero attached hydrogens (tertiary/aromatic N) is 6. The highest BCUT2D eigenvalue weighted by molar-refractivity contribution is 6.10. The van der Waals surface area contributed by atoms with Crippen molar-refractivity contribution in [2.45, 2.75) is 0 Å². The lowest BCUT2D eigenvalue weighted by Crippen LogP contribution is -1.87. The fourth-order valence-electron chi connectivity index (χ4n) is 8.55. The van der Waals surface area contributed by atoms with Crippen molar-refractivity contribution >= 4 is 61.5 Å². The normalized spacial score (nSPS) is 11.4. The molecule has 8 bridgehead atoms. The number of rotatable bonds is 8. The third-order valence-corrected chi connectivity index (χ3v) is 11.8. The lowest BCUT2D eigenvalue weighted by molar-refractivity contribution is 0.416. The van der Waals surface area contributed by atoms with Gasteiger partial charge in [0.05, 0.1) is 5.39 Å². The molecule has 3 N–H and O–H groups in total. The summed E-state index contributed by atoms with van der Waals surface area (Å²) in [6, 6.07) is 58.7. The third kappa shape index (κ3) is 7.75. The number of aromatic nitrogens is 8. The Morgan fingerprint density at radius 3 is 1.21 bits per heavy atom. The molecule has 2 aliphatic heterocycles. The summed E-state index contributed by atoms with van der Waals surface area (Å²) >= 11 is 0. The fraction of sp³-hybridized carbons (Fsp3) is 0. The summed E-state index contributed by atoms with van der Waals surface area (Å²) in [5.74, 6) is 5.92. The quantitative estimate of drug-likeness (QED) is 0.124. The minimum atomic E-state index is -0.139. The molecule has 14 heteroatoms. The summed E-state index contributed by atoms with van der Waals surface area (Å²) in [4.78, 5) is 37.9. The Labute approximate surface area is 408 Å². The Kier molecular flexibility index (Phi) is 10.4. The molecule has 0 radical (unpaired) electrons. The number of fused-ring (bicyclic) bond motifs is 20. The Hall–Kier alpha value is -9.35. The summed E-state index contributed by atoms with van der Waals surface area (Å²) in [6.45, 7) is 0. The van der Waals surface area contributed by atoms with Crippen LogP contribution in [-0.4, -0.2) is 62.3 Å². The average molecular weight is 929 g/mol. The molecule has 13 rings (SSSR count). The summed E-state index contributed by atoms with van der Waals surface area (Å²) < 4.78 is 25.2. The van der Waals surface area contributed by atoms with Crippen molar-refractivity contribution in [3.8, 4) is 97.3 Å². The molecule has 0 saturated carbocycles. The molecule has 0 atom stereocenters. The monoisotopic (exact) mass is 928 g/mol. The number of ether oxygens (including phenoxy) is 4. The first-order chi connectivity index (χ1) is 34.0. The summed E-state index contributed by atoms with van der Waals surface area (Å²) in [5.41, 5.74) is 4.42. The minimum absolute atomic E-state index is 0. The van der Waals surface area contributed by atoms with Crippen molar-refractivity contribution in [2.24, 2.45) is 0 Å². The van der Waals surface area contributed by atoms with Gasteiger partial charge in [0.25, 0.3) is 0 Å². The first-order valence-electron chi connectivity index (χ1n) is 22.1. The van der Waals surface area contributed by atoms with Crippen molar-refractivity contribution in [3.05, 3.63) is 188 Å². The predicted octanol–water partition coefficient (Wildman–Crippen LogP) is 12.6. The SMILES string of the molecule is Oc1c(Oc2ccccc2)ccc2c3nc4nc(nc5[nH]c(nc6nc(nc([nH]3)c12)-c1ccc(Oc2ccccc2)cc1-6)c1ccc(Oc2ccccc2)cc51)-c1ccc(Oc2ccccc2)cc1-4.[AlH3]. The maximum atomic E-state index is 12.1. The van der Waals surface area contributed by atoms with Gasteiger partial charge in [-0.2, -0.15) is 0 Å². The predicted molar refractivity (Wildman–Crippen MR) is 274 cm³/mol. The van der Waals surface area contributed by atoms with E-state index in [9.17, 15) is 5.11 Å². The van der Waals surface area contributed by atoms with Crippen LogP contribution in [0.15, 0.2) is 188 Å². The van der Waals surface area contributed by atoms with Gasteiger partial charge in [0.2, 0.25) is 0 Å². The number of hydrogen-bond acceptors (Lipinski definition) is 11. The van der Waals surface area contributed by atoms with Crippen LogP contribution in [0.1, 0.15) is 0 Å². The maximum Gasteiger partial charge on any atom is 0.187 e. The van der Waals surface area contributed by atoms with Gasteiger partial charge in [-0.3, -0.25) is 0 Å². The van der Waals surface area contributed by atoms with E-state index in [4.69, 9.17) is 48.9 Å². The van der Waals surface area contributed by atoms with Gasteiger partial charge in [-0.1, -0.05) is 72.8 Å². The highest BCUT2D eigenvalue weighted by atomic mass is 27.0. The lowest BCUT2D eigenvalue weighted by Gasteiger charge is -2.08. The van der Waals surface area contributed by atoms with Gasteiger partial charge in [-0.05, 0) is 115 Å². The zero-order valence-corrected chi connectivity index (χ0v) is 36.2. The highest BCUT2D eigenvalue weighted by Gasteiger charge is 2.25. The van der Waals surface area contributed by atoms with E-state index in [1.54, 1.807) is 6.07 Å². The molecule has 13 nitrogen and oxygen atoms in total. The van der Waals surface area contributed by atoms with Crippen LogP contribution in [0.2, 0.25) is 0 Å². The standard InChI is InChI=1S/C56H34N8O5.Al.3H/c65-48-46(69-35-19-11-4-12-20-35)28-27-42-47(48)56-63-51-41-26-23-38(68-34-17-9-3-10-18-34)31-45(41)54(61-51)59-49-39-24-21-36(66-32-13-5-1-6-14-32)29-43(39)53(57-49)58-50-40-25-22-37(67-33-15-7-2-8-16-33)30-44(40)55(60-50)62-52(42)64-56;;;;/h1-31,65H,(H2,57,58,59,60,61,62,63,64);;;;. The molecule has 0 saturated heterocycles. The first kappa shape index (κ1) is 42.0. The molecular weight excluding hydrogens is 892 g/mol. The Bertz CT molecular complexity index is 3940. The number of hydrogen-bond donors (Lipinski definition) is 3. The average Bonchev–Trinajstić information content (AvgIpc) is 4.11. The fourth-order valence-corrected chi connectivity index (χ4v) is 8.55. The van der Waals surface area contributed by atoms with E-state index >= 15 is 0 Å². The largest absolute Gasteiger partial charge is 0.504 e. The van der Waals surface area contributed by atoms with Crippen LogP contribution >= 0.6 is 0 Å². The summed E-state index contributed by atoms with van der Waals surface area (Å²) in [6.07, 6.45) is 0. The highest BCUT2D eigenvalue weighted by Crippen LogP contribution is 2.44. The Morgan fingerprint density at radius 1 is 0.314 bits per heavy atom. The van der Waals surface area contributed by atoms with Crippen molar-refractivity contribution < 1.29 is 24.1 Å². The second-order valence-electron chi connectivity index (χ2n) is 16.2. The van der Waals surface area contributed by atoms with Gasteiger partial charge in [0.15, 0.2) is 52.2 Å². The molecule has 3 aromatic heterocycles. The van der Waals surface area contributed by atoms with Crippen molar-refractivity contribution in [1.82, 2.24) is 39.9 Å². The third-order valence-electron chi connectivity index (χ3n) is 11.8. The van der Waals surface area contributed by atoms with Crippen LogP contribution in [0.4, 0.5) is 0 Å². The summed E-state index contributed by atoms with van der Waals surface area (Å²) in [7, 11) is 0. The molecule has 0 fully saturated rings. The van der Waals surface area contributed by atoms with Crippen LogP contribution in [0.25, 0.3) is 89.7 Å². The lowest BCUT2D eigenvalue weighted by atomic mass is 10.1.